The summed E-state index contributed by atoms with van der Waals surface area (Å²) in [4.78, 5) is 15.4. The number of rotatable bonds is 5. The lowest BCUT2D eigenvalue weighted by molar-refractivity contribution is -0.138. The average molecular weight is 366 g/mol. The third-order valence-electron chi connectivity index (χ3n) is 3.37. The van der Waals surface area contributed by atoms with Crippen molar-refractivity contribution in [2.45, 2.75) is 29.8 Å². The first-order chi connectivity index (χ1) is 11.8. The Balaban J connectivity index is 2.67. The standard InChI is InChI=1S/C17H13F3N2O2S/c1-2-14(16(23)24)25-15-11(9-21)12(17(18,19)20)8-13(22-15)10-6-4-3-5-7-10/h3-8,14H,2H2,1H3,(H,23,24). The van der Waals surface area contributed by atoms with Crippen LogP contribution in [0.1, 0.15) is 24.5 Å². The molecule has 1 heterocycles. The molecule has 0 fully saturated rings. The first kappa shape index (κ1) is 18.8. The number of hydrogen-bond acceptors (Lipinski definition) is 4. The first-order valence-corrected chi connectivity index (χ1v) is 8.13. The number of carboxylic acid groups (broad SMARTS) is 1. The molecule has 0 radical (unpaired) electrons. The summed E-state index contributed by atoms with van der Waals surface area (Å²) in [7, 11) is 0. The molecule has 8 heteroatoms. The Morgan fingerprint density at radius 1 is 1.36 bits per heavy atom. The largest absolute Gasteiger partial charge is 0.480 e. The van der Waals surface area contributed by atoms with Gasteiger partial charge in [-0.25, -0.2) is 4.98 Å². The van der Waals surface area contributed by atoms with E-state index in [-0.39, 0.29) is 17.1 Å². The van der Waals surface area contributed by atoms with Gasteiger partial charge in [-0.2, -0.15) is 18.4 Å². The van der Waals surface area contributed by atoms with Gasteiger partial charge in [-0.3, -0.25) is 4.79 Å². The van der Waals surface area contributed by atoms with Gasteiger partial charge in [0.15, 0.2) is 0 Å². The predicted molar refractivity (Wildman–Crippen MR) is 87.0 cm³/mol. The van der Waals surface area contributed by atoms with Gasteiger partial charge in [-0.1, -0.05) is 49.0 Å². The van der Waals surface area contributed by atoms with E-state index in [0.29, 0.717) is 17.3 Å². The molecule has 1 N–H and O–H groups in total. The minimum absolute atomic E-state index is 0.0367. The Morgan fingerprint density at radius 2 is 2.00 bits per heavy atom. The molecule has 25 heavy (non-hydrogen) atoms. The fourth-order valence-electron chi connectivity index (χ4n) is 2.14. The lowest BCUT2D eigenvalue weighted by Crippen LogP contribution is -2.17. The van der Waals surface area contributed by atoms with Crippen molar-refractivity contribution in [1.29, 1.82) is 5.26 Å². The molecule has 1 atom stereocenters. The fourth-order valence-corrected chi connectivity index (χ4v) is 3.10. The summed E-state index contributed by atoms with van der Waals surface area (Å²) in [6, 6.07) is 10.6. The number of nitriles is 1. The summed E-state index contributed by atoms with van der Waals surface area (Å²) in [6.07, 6.45) is -4.57. The summed E-state index contributed by atoms with van der Waals surface area (Å²) in [5.41, 5.74) is -1.29. The molecule has 0 spiro atoms. The number of carbonyl (C=O) groups is 1. The maximum Gasteiger partial charge on any atom is 0.417 e. The number of thioether (sulfide) groups is 1. The number of benzene rings is 1. The smallest absolute Gasteiger partial charge is 0.417 e. The Morgan fingerprint density at radius 3 is 2.48 bits per heavy atom. The first-order valence-electron chi connectivity index (χ1n) is 7.25. The number of aliphatic carboxylic acids is 1. The van der Waals surface area contributed by atoms with E-state index in [1.54, 1.807) is 37.3 Å². The zero-order chi connectivity index (χ0) is 18.6. The number of alkyl halides is 3. The van der Waals surface area contributed by atoms with Crippen molar-refractivity contribution >= 4 is 17.7 Å². The number of halogens is 3. The SMILES string of the molecule is CCC(Sc1nc(-c2ccccc2)cc(C(F)(F)F)c1C#N)C(=O)O. The maximum absolute atomic E-state index is 13.4. The van der Waals surface area contributed by atoms with Crippen molar-refractivity contribution in [2.24, 2.45) is 0 Å². The molecular weight excluding hydrogens is 353 g/mol. The normalized spacial score (nSPS) is 12.4. The molecule has 0 saturated heterocycles. The van der Waals surface area contributed by atoms with Crippen LogP contribution >= 0.6 is 11.8 Å². The number of nitrogens with zero attached hydrogens (tertiary/aromatic N) is 2. The van der Waals surface area contributed by atoms with Crippen molar-refractivity contribution in [3.05, 3.63) is 47.5 Å². The highest BCUT2D eigenvalue weighted by atomic mass is 32.2. The van der Waals surface area contributed by atoms with Gasteiger partial charge in [0.1, 0.15) is 16.3 Å². The lowest BCUT2D eigenvalue weighted by Gasteiger charge is -2.16. The van der Waals surface area contributed by atoms with Crippen LogP contribution in [0.5, 0.6) is 0 Å². The van der Waals surface area contributed by atoms with Gasteiger partial charge in [0.2, 0.25) is 0 Å². The van der Waals surface area contributed by atoms with E-state index >= 15 is 0 Å². The second-order valence-electron chi connectivity index (χ2n) is 5.06. The molecule has 0 aliphatic heterocycles. The number of aromatic nitrogens is 1. The molecule has 0 saturated carbocycles. The van der Waals surface area contributed by atoms with E-state index in [0.717, 1.165) is 6.07 Å². The Kier molecular flexibility index (Phi) is 5.69. The fraction of sp³-hybridized carbons (Fsp3) is 0.235. The topological polar surface area (TPSA) is 74.0 Å². The van der Waals surface area contributed by atoms with Crippen LogP contribution in [-0.4, -0.2) is 21.3 Å². The van der Waals surface area contributed by atoms with Crippen LogP contribution in [0.25, 0.3) is 11.3 Å². The zero-order valence-corrected chi connectivity index (χ0v) is 13.9. The molecule has 2 aromatic rings. The maximum atomic E-state index is 13.4. The minimum atomic E-state index is -4.75. The van der Waals surface area contributed by atoms with E-state index in [2.05, 4.69) is 4.98 Å². The van der Waals surface area contributed by atoms with Gasteiger partial charge < -0.3 is 5.11 Å². The minimum Gasteiger partial charge on any atom is -0.480 e. The van der Waals surface area contributed by atoms with Crippen molar-refractivity contribution in [1.82, 2.24) is 4.98 Å². The van der Waals surface area contributed by atoms with Crippen LogP contribution in [-0.2, 0) is 11.0 Å². The van der Waals surface area contributed by atoms with E-state index in [4.69, 9.17) is 5.11 Å². The van der Waals surface area contributed by atoms with Gasteiger partial charge in [0.05, 0.1) is 16.8 Å². The van der Waals surface area contributed by atoms with Gasteiger partial charge in [0.25, 0.3) is 0 Å². The summed E-state index contributed by atoms with van der Waals surface area (Å²) in [5, 5.41) is 17.1. The van der Waals surface area contributed by atoms with E-state index < -0.39 is 28.5 Å². The lowest BCUT2D eigenvalue weighted by atomic mass is 10.1. The van der Waals surface area contributed by atoms with Gasteiger partial charge in [-0.15, -0.1) is 0 Å². The van der Waals surface area contributed by atoms with E-state index in [1.807, 2.05) is 0 Å². The summed E-state index contributed by atoms with van der Waals surface area (Å²) in [6.45, 7) is 1.60. The molecule has 2 rings (SSSR count). The molecular formula is C17H13F3N2O2S. The molecule has 1 unspecified atom stereocenters. The van der Waals surface area contributed by atoms with E-state index in [9.17, 15) is 23.2 Å². The summed E-state index contributed by atoms with van der Waals surface area (Å²) in [5.74, 6) is -1.17. The third-order valence-corrected chi connectivity index (χ3v) is 4.71. The molecule has 130 valence electrons. The van der Waals surface area contributed by atoms with E-state index in [1.165, 1.54) is 6.07 Å². The molecule has 0 aliphatic rings. The monoisotopic (exact) mass is 366 g/mol. The van der Waals surface area contributed by atoms with Gasteiger partial charge >= 0.3 is 12.1 Å². The Hall–Kier alpha value is -2.53. The highest BCUT2D eigenvalue weighted by molar-refractivity contribution is 8.00. The predicted octanol–water partition coefficient (Wildman–Crippen LogP) is 4.59. The van der Waals surface area contributed by atoms with Gasteiger partial charge in [-0.05, 0) is 12.5 Å². The van der Waals surface area contributed by atoms with Gasteiger partial charge in [0, 0.05) is 5.56 Å². The molecule has 0 aliphatic carbocycles. The zero-order valence-electron chi connectivity index (χ0n) is 13.0. The highest BCUT2D eigenvalue weighted by Crippen LogP contribution is 2.39. The molecule has 0 amide bonds. The summed E-state index contributed by atoms with van der Waals surface area (Å²) < 4.78 is 40.2. The third kappa shape index (κ3) is 4.31. The molecule has 1 aromatic carbocycles. The number of pyridine rings is 1. The number of carboxylic acids is 1. The quantitative estimate of drug-likeness (QED) is 0.783. The Labute approximate surface area is 146 Å². The van der Waals surface area contributed by atoms with Crippen molar-refractivity contribution in [3.8, 4) is 17.3 Å². The second-order valence-corrected chi connectivity index (χ2v) is 6.26. The highest BCUT2D eigenvalue weighted by Gasteiger charge is 2.36. The summed E-state index contributed by atoms with van der Waals surface area (Å²) >= 11 is 0.654. The molecule has 1 aromatic heterocycles. The van der Waals surface area contributed by atoms with Crippen LogP contribution in [0.15, 0.2) is 41.4 Å². The molecule has 4 nitrogen and oxygen atoms in total. The van der Waals surface area contributed by atoms with Crippen molar-refractivity contribution < 1.29 is 23.1 Å². The van der Waals surface area contributed by atoms with Crippen LogP contribution < -0.4 is 0 Å². The van der Waals surface area contributed by atoms with Crippen molar-refractivity contribution in [2.75, 3.05) is 0 Å². The van der Waals surface area contributed by atoms with Crippen LogP contribution in [0.2, 0.25) is 0 Å². The van der Waals surface area contributed by atoms with Crippen molar-refractivity contribution in [3.63, 3.8) is 0 Å². The van der Waals surface area contributed by atoms with Crippen LogP contribution in [0.4, 0.5) is 13.2 Å². The van der Waals surface area contributed by atoms with Crippen LogP contribution in [0, 0.1) is 11.3 Å². The molecule has 0 bridgehead atoms. The van der Waals surface area contributed by atoms with Crippen LogP contribution in [0.3, 0.4) is 0 Å². The Bertz CT molecular complexity index is 817. The number of hydrogen-bond donors (Lipinski definition) is 1. The second kappa shape index (κ2) is 7.57. The average Bonchev–Trinajstić information content (AvgIpc) is 2.58.